The standard InChI is InChI=1S/C56H42N2/c1-3-12-39(13-4-1)41-22-30-47(31-23-41)57(54-21-11-18-44-16-7-9-19-50(44)54)48-32-26-43(27-33-48)46-29-37-55-53(38-46)52-36-28-45-17-8-10-20-51(45)56(52)58(55)49-34-24-42(25-35-49)40-14-5-2-6-15-40/h1,3-5,7-24,26-38,42H,2,6,25H2. The molecule has 58 heavy (non-hydrogen) atoms. The minimum absolute atomic E-state index is 0.435. The van der Waals surface area contributed by atoms with Crippen molar-refractivity contribution >= 4 is 66.1 Å². The summed E-state index contributed by atoms with van der Waals surface area (Å²) >= 11 is 0. The Morgan fingerprint density at radius 1 is 0.466 bits per heavy atom. The van der Waals surface area contributed by atoms with Gasteiger partial charge in [-0.15, -0.1) is 0 Å². The third-order valence-electron chi connectivity index (χ3n) is 12.1. The molecule has 0 radical (unpaired) electrons. The van der Waals surface area contributed by atoms with Gasteiger partial charge in [-0.05, 0) is 106 Å². The van der Waals surface area contributed by atoms with E-state index in [2.05, 4.69) is 222 Å². The molecule has 0 saturated carbocycles. The zero-order chi connectivity index (χ0) is 38.4. The summed E-state index contributed by atoms with van der Waals surface area (Å²) in [6.07, 6.45) is 17.6. The highest BCUT2D eigenvalue weighted by atomic mass is 15.1. The number of anilines is 3. The SMILES string of the molecule is C1=CC(C2C=CC(n3c4ccc(-c5ccc(N(c6ccc(-c7ccccc7)cc6)c6cccc7ccccc67)cc5)cc4c4ccc5ccccc5c43)=CC2)=CCC1. The summed E-state index contributed by atoms with van der Waals surface area (Å²) < 4.78 is 2.50. The molecule has 9 aromatic rings. The Labute approximate surface area is 339 Å². The van der Waals surface area contributed by atoms with E-state index in [1.165, 1.54) is 76.9 Å². The van der Waals surface area contributed by atoms with Crippen molar-refractivity contribution in [1.29, 1.82) is 0 Å². The van der Waals surface area contributed by atoms with Gasteiger partial charge in [0.25, 0.3) is 0 Å². The molecule has 8 aromatic carbocycles. The molecular weight excluding hydrogens is 701 g/mol. The van der Waals surface area contributed by atoms with E-state index in [-0.39, 0.29) is 0 Å². The van der Waals surface area contributed by atoms with Gasteiger partial charge in [0.05, 0.1) is 16.7 Å². The lowest BCUT2D eigenvalue weighted by Crippen LogP contribution is -2.10. The summed E-state index contributed by atoms with van der Waals surface area (Å²) in [7, 11) is 0. The minimum atomic E-state index is 0.435. The Hall–Kier alpha value is -7.16. The van der Waals surface area contributed by atoms with E-state index in [1.807, 2.05) is 0 Å². The predicted octanol–water partition coefficient (Wildman–Crippen LogP) is 15.6. The van der Waals surface area contributed by atoms with Crippen molar-refractivity contribution in [3.8, 4) is 22.3 Å². The van der Waals surface area contributed by atoms with Crippen LogP contribution in [-0.4, -0.2) is 4.57 Å². The van der Waals surface area contributed by atoms with Gasteiger partial charge in [0.15, 0.2) is 0 Å². The van der Waals surface area contributed by atoms with E-state index in [1.54, 1.807) is 0 Å². The van der Waals surface area contributed by atoms with Crippen molar-refractivity contribution in [2.45, 2.75) is 19.3 Å². The first kappa shape index (κ1) is 34.1. The normalized spacial score (nSPS) is 15.3. The largest absolute Gasteiger partial charge is 0.310 e. The molecule has 1 heterocycles. The molecule has 1 atom stereocenters. The van der Waals surface area contributed by atoms with Gasteiger partial charge in [-0.2, -0.15) is 0 Å². The number of hydrogen-bond donors (Lipinski definition) is 0. The van der Waals surface area contributed by atoms with E-state index in [4.69, 9.17) is 0 Å². The molecular formula is C56H42N2. The summed E-state index contributed by atoms with van der Waals surface area (Å²) in [5, 5.41) is 7.53. The summed E-state index contributed by atoms with van der Waals surface area (Å²) in [4.78, 5) is 2.39. The van der Waals surface area contributed by atoms with Crippen LogP contribution in [0.3, 0.4) is 0 Å². The fourth-order valence-corrected chi connectivity index (χ4v) is 9.23. The molecule has 0 saturated heterocycles. The second-order valence-electron chi connectivity index (χ2n) is 15.6. The molecule has 2 aliphatic rings. The second-order valence-corrected chi connectivity index (χ2v) is 15.6. The van der Waals surface area contributed by atoms with Crippen LogP contribution in [0.2, 0.25) is 0 Å². The average molecular weight is 743 g/mol. The van der Waals surface area contributed by atoms with E-state index in [0.29, 0.717) is 5.92 Å². The number of fused-ring (bicyclic) bond motifs is 6. The van der Waals surface area contributed by atoms with Crippen LogP contribution in [0, 0.1) is 5.92 Å². The van der Waals surface area contributed by atoms with Crippen LogP contribution in [-0.2, 0) is 0 Å². The smallest absolute Gasteiger partial charge is 0.0619 e. The van der Waals surface area contributed by atoms with E-state index >= 15 is 0 Å². The summed E-state index contributed by atoms with van der Waals surface area (Å²) in [6.45, 7) is 0. The molecule has 0 amide bonds. The average Bonchev–Trinajstić information content (AvgIpc) is 3.64. The van der Waals surface area contributed by atoms with Crippen molar-refractivity contribution < 1.29 is 0 Å². The fourth-order valence-electron chi connectivity index (χ4n) is 9.23. The Morgan fingerprint density at radius 2 is 1.12 bits per heavy atom. The van der Waals surface area contributed by atoms with Gasteiger partial charge < -0.3 is 9.47 Å². The summed E-state index contributed by atoms with van der Waals surface area (Å²) in [6, 6.07) is 64.3. The molecule has 0 N–H and O–H groups in total. The highest BCUT2D eigenvalue weighted by Crippen LogP contribution is 2.43. The van der Waals surface area contributed by atoms with E-state index in [0.717, 1.165) is 36.3 Å². The number of nitrogens with zero attached hydrogens (tertiary/aromatic N) is 2. The molecule has 0 spiro atoms. The zero-order valence-electron chi connectivity index (χ0n) is 32.3. The molecule has 1 aromatic heterocycles. The van der Waals surface area contributed by atoms with Crippen LogP contribution in [0.4, 0.5) is 17.1 Å². The van der Waals surface area contributed by atoms with Crippen LogP contribution in [0.1, 0.15) is 19.3 Å². The molecule has 2 heteroatoms. The van der Waals surface area contributed by atoms with Crippen LogP contribution >= 0.6 is 0 Å². The first-order valence-corrected chi connectivity index (χ1v) is 20.5. The molecule has 2 nitrogen and oxygen atoms in total. The monoisotopic (exact) mass is 742 g/mol. The maximum atomic E-state index is 2.50. The van der Waals surface area contributed by atoms with Crippen molar-refractivity contribution in [3.63, 3.8) is 0 Å². The Bertz CT molecular complexity index is 3110. The number of benzene rings is 8. The van der Waals surface area contributed by atoms with Gasteiger partial charge >= 0.3 is 0 Å². The molecule has 0 aliphatic heterocycles. The Morgan fingerprint density at radius 3 is 1.84 bits per heavy atom. The summed E-state index contributed by atoms with van der Waals surface area (Å²) in [5.74, 6) is 0.435. The zero-order valence-corrected chi connectivity index (χ0v) is 32.3. The number of rotatable bonds is 7. The van der Waals surface area contributed by atoms with Crippen LogP contribution in [0.15, 0.2) is 218 Å². The second kappa shape index (κ2) is 14.4. The molecule has 0 fully saturated rings. The topological polar surface area (TPSA) is 8.17 Å². The third kappa shape index (κ3) is 5.97. The third-order valence-corrected chi connectivity index (χ3v) is 12.1. The lowest BCUT2D eigenvalue weighted by atomic mass is 9.88. The number of hydrogen-bond acceptors (Lipinski definition) is 1. The van der Waals surface area contributed by atoms with Gasteiger partial charge in [0.2, 0.25) is 0 Å². The molecule has 1 unspecified atom stereocenters. The van der Waals surface area contributed by atoms with Gasteiger partial charge in [0, 0.05) is 44.5 Å². The van der Waals surface area contributed by atoms with Gasteiger partial charge in [0.1, 0.15) is 0 Å². The van der Waals surface area contributed by atoms with E-state index < -0.39 is 0 Å². The maximum absolute atomic E-state index is 2.50. The number of aromatic nitrogens is 1. The fraction of sp³-hybridized carbons (Fsp3) is 0.0714. The number of allylic oxidation sites excluding steroid dienone is 8. The van der Waals surface area contributed by atoms with Crippen molar-refractivity contribution in [2.24, 2.45) is 5.92 Å². The minimum Gasteiger partial charge on any atom is -0.310 e. The van der Waals surface area contributed by atoms with Crippen molar-refractivity contribution in [3.05, 3.63) is 218 Å². The van der Waals surface area contributed by atoms with Crippen molar-refractivity contribution in [1.82, 2.24) is 4.57 Å². The van der Waals surface area contributed by atoms with Crippen LogP contribution < -0.4 is 4.90 Å². The first-order valence-electron chi connectivity index (χ1n) is 20.5. The lowest BCUT2D eigenvalue weighted by Gasteiger charge is -2.27. The Kier molecular flexibility index (Phi) is 8.47. The molecule has 11 rings (SSSR count). The van der Waals surface area contributed by atoms with E-state index in [9.17, 15) is 0 Å². The lowest BCUT2D eigenvalue weighted by molar-refractivity contribution is 0.769. The Balaban J connectivity index is 0.999. The first-order chi connectivity index (χ1) is 28.8. The maximum Gasteiger partial charge on any atom is 0.0619 e. The quantitative estimate of drug-likeness (QED) is 0.158. The molecule has 0 bridgehead atoms. The van der Waals surface area contributed by atoms with Crippen LogP contribution in [0.5, 0.6) is 0 Å². The van der Waals surface area contributed by atoms with Crippen molar-refractivity contribution in [2.75, 3.05) is 4.90 Å². The van der Waals surface area contributed by atoms with Crippen LogP contribution in [0.25, 0.3) is 71.3 Å². The van der Waals surface area contributed by atoms with Gasteiger partial charge in [-0.25, -0.2) is 0 Å². The summed E-state index contributed by atoms with van der Waals surface area (Å²) in [5.41, 5.74) is 13.4. The molecule has 276 valence electrons. The molecule has 2 aliphatic carbocycles. The van der Waals surface area contributed by atoms with Gasteiger partial charge in [-0.1, -0.05) is 164 Å². The van der Waals surface area contributed by atoms with Gasteiger partial charge in [-0.3, -0.25) is 0 Å². The predicted molar refractivity (Wildman–Crippen MR) is 248 cm³/mol. The highest BCUT2D eigenvalue weighted by Gasteiger charge is 2.21. The highest BCUT2D eigenvalue weighted by molar-refractivity contribution is 6.20.